The molecule has 4 aromatic heterocycles. The van der Waals surface area contributed by atoms with Crippen LogP contribution >= 0.6 is 11.6 Å². The van der Waals surface area contributed by atoms with Crippen LogP contribution in [-0.2, 0) is 11.2 Å². The Morgan fingerprint density at radius 2 is 1.92 bits per heavy atom. The van der Waals surface area contributed by atoms with E-state index in [-0.39, 0.29) is 29.2 Å². The van der Waals surface area contributed by atoms with Crippen LogP contribution in [0.1, 0.15) is 43.0 Å². The molecule has 1 aliphatic rings. The van der Waals surface area contributed by atoms with Crippen molar-refractivity contribution >= 4 is 45.6 Å². The van der Waals surface area contributed by atoms with E-state index in [1.165, 1.54) is 0 Å². The smallest absolute Gasteiger partial charge is 0.224 e. The highest BCUT2D eigenvalue weighted by atomic mass is 35.5. The Labute approximate surface area is 228 Å². The summed E-state index contributed by atoms with van der Waals surface area (Å²) in [7, 11) is 0. The Morgan fingerprint density at radius 1 is 1.13 bits per heavy atom. The van der Waals surface area contributed by atoms with Gasteiger partial charge in [-0.2, -0.15) is 0 Å². The number of nitrogens with zero attached hydrogens (tertiary/aromatic N) is 4. The van der Waals surface area contributed by atoms with Gasteiger partial charge in [0.05, 0.1) is 12.1 Å². The van der Waals surface area contributed by atoms with E-state index >= 15 is 0 Å². The number of carbonyl (C=O) groups is 1. The highest BCUT2D eigenvalue weighted by Crippen LogP contribution is 2.38. The largest absolute Gasteiger partial charge is 0.382 e. The van der Waals surface area contributed by atoms with Crippen molar-refractivity contribution in [2.24, 2.45) is 5.92 Å². The third-order valence-corrected chi connectivity index (χ3v) is 7.90. The molecule has 0 saturated heterocycles. The molecule has 0 aliphatic heterocycles. The lowest BCUT2D eigenvalue weighted by Gasteiger charge is -2.28. The molecule has 1 fully saturated rings. The summed E-state index contributed by atoms with van der Waals surface area (Å²) in [6, 6.07) is 11.4. The summed E-state index contributed by atoms with van der Waals surface area (Å²) in [5.74, 6) is 0.825. The summed E-state index contributed by atoms with van der Waals surface area (Å²) in [6.07, 6.45) is 7.34. The number of hydrogen-bond donors (Lipinski definition) is 4. The van der Waals surface area contributed by atoms with Gasteiger partial charge in [0.1, 0.15) is 28.0 Å². The van der Waals surface area contributed by atoms with Crippen LogP contribution in [0.4, 0.5) is 16.0 Å². The number of nitrogens with one attached hydrogen (secondary N) is 2. The topological polar surface area (TPSA) is 140 Å². The van der Waals surface area contributed by atoms with E-state index in [0.29, 0.717) is 23.8 Å². The van der Waals surface area contributed by atoms with Crippen molar-refractivity contribution in [3.63, 3.8) is 0 Å². The van der Waals surface area contributed by atoms with Gasteiger partial charge in [-0.15, -0.1) is 0 Å². The van der Waals surface area contributed by atoms with Crippen LogP contribution in [0.3, 0.4) is 0 Å². The van der Waals surface area contributed by atoms with Crippen LogP contribution in [0.5, 0.6) is 0 Å². The monoisotopic (exact) mass is 546 g/mol. The van der Waals surface area contributed by atoms with Crippen molar-refractivity contribution in [3.8, 4) is 11.4 Å². The first-order valence-corrected chi connectivity index (χ1v) is 13.3. The van der Waals surface area contributed by atoms with Gasteiger partial charge >= 0.3 is 0 Å². The Kier molecular flexibility index (Phi) is 6.56. The average molecular weight is 547 g/mol. The van der Waals surface area contributed by atoms with E-state index in [9.17, 15) is 9.18 Å². The molecule has 0 bridgehead atoms. The quantitative estimate of drug-likeness (QED) is 0.224. The summed E-state index contributed by atoms with van der Waals surface area (Å²) < 4.78 is 15.8. The molecule has 6 N–H and O–H groups in total. The molecule has 9 nitrogen and oxygen atoms in total. The van der Waals surface area contributed by atoms with Gasteiger partial charge in [0, 0.05) is 41.3 Å². The number of amides is 1. The van der Waals surface area contributed by atoms with Gasteiger partial charge in [-0.05, 0) is 49.8 Å². The fourth-order valence-electron chi connectivity index (χ4n) is 5.52. The van der Waals surface area contributed by atoms with Gasteiger partial charge < -0.3 is 21.8 Å². The number of aromatic amines is 1. The van der Waals surface area contributed by atoms with Crippen molar-refractivity contribution in [1.82, 2.24) is 29.7 Å². The van der Waals surface area contributed by atoms with Gasteiger partial charge in [0.15, 0.2) is 11.6 Å². The van der Waals surface area contributed by atoms with Crippen molar-refractivity contribution in [1.29, 1.82) is 0 Å². The minimum Gasteiger partial charge on any atom is -0.382 e. The Hall–Kier alpha value is -4.18. The molecular formula is C28H28ClFN8O. The molecule has 39 heavy (non-hydrogen) atoms. The molecule has 4 heterocycles. The summed E-state index contributed by atoms with van der Waals surface area (Å²) in [5, 5.41) is 4.12. The van der Waals surface area contributed by atoms with Crippen molar-refractivity contribution < 1.29 is 9.18 Å². The Balaban J connectivity index is 1.14. The predicted molar refractivity (Wildman–Crippen MR) is 150 cm³/mol. The van der Waals surface area contributed by atoms with Gasteiger partial charge in [-0.25, -0.2) is 19.3 Å². The molecule has 6 rings (SSSR count). The van der Waals surface area contributed by atoms with Crippen molar-refractivity contribution in [3.05, 3.63) is 71.2 Å². The third kappa shape index (κ3) is 4.87. The first kappa shape index (κ1) is 25.1. The fraction of sp³-hybridized carbons (Fsp3) is 0.286. The normalized spacial score (nSPS) is 17.6. The van der Waals surface area contributed by atoms with Gasteiger partial charge in [0.25, 0.3) is 0 Å². The van der Waals surface area contributed by atoms with E-state index < -0.39 is 5.82 Å². The molecule has 0 atom stereocenters. The molecule has 1 aliphatic carbocycles. The first-order chi connectivity index (χ1) is 18.9. The molecule has 0 unspecified atom stereocenters. The number of pyridine rings is 1. The number of H-pyrrole nitrogens is 1. The fourth-order valence-corrected chi connectivity index (χ4v) is 5.74. The zero-order valence-corrected chi connectivity index (χ0v) is 21.9. The van der Waals surface area contributed by atoms with Crippen LogP contribution in [0.15, 0.2) is 48.8 Å². The summed E-state index contributed by atoms with van der Waals surface area (Å²) in [4.78, 5) is 29.1. The zero-order chi connectivity index (χ0) is 27.1. The van der Waals surface area contributed by atoms with Gasteiger partial charge in [-0.1, -0.05) is 29.8 Å². The number of nitrogens with two attached hydrogens (primary N) is 2. The molecule has 1 aromatic carbocycles. The second-order valence-electron chi connectivity index (χ2n) is 10.1. The third-order valence-electron chi connectivity index (χ3n) is 7.58. The van der Waals surface area contributed by atoms with Crippen LogP contribution in [0, 0.1) is 11.7 Å². The Morgan fingerprint density at radius 3 is 2.72 bits per heavy atom. The SMILES string of the molecule is Nc1nc(Cl)c(CC(=O)NCC2CCC(c3nc(-c4cc5ccccc5[nH]4)c4c(N)nccn34)CC2)cc1F. The van der Waals surface area contributed by atoms with E-state index in [4.69, 9.17) is 28.1 Å². The highest BCUT2D eigenvalue weighted by molar-refractivity contribution is 6.30. The molecular weight excluding hydrogens is 519 g/mol. The minimum atomic E-state index is -0.683. The van der Waals surface area contributed by atoms with Crippen LogP contribution in [-0.4, -0.2) is 36.8 Å². The number of imidazole rings is 1. The molecule has 1 saturated carbocycles. The van der Waals surface area contributed by atoms with E-state index in [1.807, 2.05) is 24.4 Å². The van der Waals surface area contributed by atoms with E-state index in [2.05, 4.69) is 36.8 Å². The minimum absolute atomic E-state index is 0.0409. The maximum absolute atomic E-state index is 13.7. The lowest BCUT2D eigenvalue weighted by Crippen LogP contribution is -2.32. The van der Waals surface area contributed by atoms with Gasteiger partial charge in [0.2, 0.25) is 5.91 Å². The number of nitrogen functional groups attached to an aromatic ring is 2. The number of aromatic nitrogens is 5. The second-order valence-corrected chi connectivity index (χ2v) is 10.5. The lowest BCUT2D eigenvalue weighted by molar-refractivity contribution is -0.120. The number of para-hydroxylation sites is 1. The molecule has 11 heteroatoms. The van der Waals surface area contributed by atoms with E-state index in [1.54, 1.807) is 6.20 Å². The van der Waals surface area contributed by atoms with Crippen LogP contribution in [0.2, 0.25) is 5.15 Å². The molecule has 0 radical (unpaired) electrons. The number of hydrogen-bond acceptors (Lipinski definition) is 6. The van der Waals surface area contributed by atoms with Crippen molar-refractivity contribution in [2.75, 3.05) is 18.0 Å². The van der Waals surface area contributed by atoms with E-state index in [0.717, 1.165) is 65.4 Å². The number of benzene rings is 1. The highest BCUT2D eigenvalue weighted by Gasteiger charge is 2.28. The maximum Gasteiger partial charge on any atom is 0.224 e. The summed E-state index contributed by atoms with van der Waals surface area (Å²) in [5.41, 5.74) is 15.6. The second kappa shape index (κ2) is 10.2. The van der Waals surface area contributed by atoms with Crippen LogP contribution < -0.4 is 16.8 Å². The number of rotatable bonds is 6. The molecule has 1 amide bonds. The van der Waals surface area contributed by atoms with Gasteiger partial charge in [-0.3, -0.25) is 9.20 Å². The first-order valence-electron chi connectivity index (χ1n) is 12.9. The number of fused-ring (bicyclic) bond motifs is 2. The summed E-state index contributed by atoms with van der Waals surface area (Å²) >= 11 is 6.02. The number of carbonyl (C=O) groups excluding carboxylic acids is 1. The Bertz CT molecular complexity index is 1660. The van der Waals surface area contributed by atoms with Crippen LogP contribution in [0.25, 0.3) is 27.8 Å². The number of halogens is 2. The summed E-state index contributed by atoms with van der Waals surface area (Å²) in [6.45, 7) is 0.549. The lowest BCUT2D eigenvalue weighted by atomic mass is 9.81. The predicted octanol–water partition coefficient (Wildman–Crippen LogP) is 4.86. The maximum atomic E-state index is 13.7. The molecule has 200 valence electrons. The molecule has 0 spiro atoms. The number of anilines is 2. The standard InChI is InChI=1S/C28H28ClFN8O/c29-25-18(11-19(30)26(31)37-25)13-22(39)34-14-15-5-7-16(8-6-15)28-36-23(24-27(32)33-9-10-38(24)28)21-12-17-3-1-2-4-20(17)35-21/h1-4,9-12,15-16,35H,5-8,13-14H2,(H2,31,37)(H2,32,33)(H,34,39). The molecule has 5 aromatic rings. The zero-order valence-electron chi connectivity index (χ0n) is 21.1. The average Bonchev–Trinajstić information content (AvgIpc) is 3.53. The van der Waals surface area contributed by atoms with Crippen molar-refractivity contribution in [2.45, 2.75) is 38.0 Å².